The van der Waals surface area contributed by atoms with Crippen LogP contribution in [0.1, 0.15) is 43.2 Å². The second kappa shape index (κ2) is 7.29. The number of aryl methyl sites for hydroxylation is 1. The Labute approximate surface area is 140 Å². The summed E-state index contributed by atoms with van der Waals surface area (Å²) in [6.07, 6.45) is 0.860. The second-order valence-corrected chi connectivity index (χ2v) is 6.52. The van der Waals surface area contributed by atoms with Crippen molar-refractivity contribution in [3.8, 4) is 0 Å². The molecule has 0 saturated heterocycles. The summed E-state index contributed by atoms with van der Waals surface area (Å²) in [5.74, 6) is -1.05. The fraction of sp³-hybridized carbons (Fsp3) is 0.389. The first-order valence-electron chi connectivity index (χ1n) is 7.85. The SMILES string of the molecule is CC(C)(C)OC(=O)NCCCc1cc(C(=O)O)nc2ccccc12. The number of carboxylic acids is 1. The van der Waals surface area contributed by atoms with Gasteiger partial charge in [0.15, 0.2) is 0 Å². The highest BCUT2D eigenvalue weighted by Crippen LogP contribution is 2.19. The van der Waals surface area contributed by atoms with E-state index < -0.39 is 17.7 Å². The molecule has 0 aliphatic carbocycles. The average Bonchev–Trinajstić information content (AvgIpc) is 2.49. The highest BCUT2D eigenvalue weighted by atomic mass is 16.6. The Morgan fingerprint density at radius 2 is 1.96 bits per heavy atom. The van der Waals surface area contributed by atoms with Crippen molar-refractivity contribution in [2.75, 3.05) is 6.54 Å². The molecule has 24 heavy (non-hydrogen) atoms. The maximum absolute atomic E-state index is 11.6. The van der Waals surface area contributed by atoms with Crippen molar-refractivity contribution in [1.82, 2.24) is 10.3 Å². The maximum Gasteiger partial charge on any atom is 0.407 e. The molecule has 0 unspecified atom stereocenters. The molecule has 0 atom stereocenters. The van der Waals surface area contributed by atoms with E-state index in [2.05, 4.69) is 10.3 Å². The van der Waals surface area contributed by atoms with Crippen molar-refractivity contribution in [1.29, 1.82) is 0 Å². The van der Waals surface area contributed by atoms with E-state index in [0.717, 1.165) is 10.9 Å². The van der Waals surface area contributed by atoms with Gasteiger partial charge < -0.3 is 15.2 Å². The van der Waals surface area contributed by atoms with E-state index in [-0.39, 0.29) is 5.69 Å². The number of hydrogen-bond acceptors (Lipinski definition) is 4. The number of nitrogens with one attached hydrogen (secondary N) is 1. The number of hydrogen-bond donors (Lipinski definition) is 2. The molecule has 1 aromatic carbocycles. The second-order valence-electron chi connectivity index (χ2n) is 6.52. The van der Waals surface area contributed by atoms with Crippen LogP contribution in [0.5, 0.6) is 0 Å². The number of fused-ring (bicyclic) bond motifs is 1. The van der Waals surface area contributed by atoms with Crippen LogP contribution in [0.4, 0.5) is 4.79 Å². The lowest BCUT2D eigenvalue weighted by molar-refractivity contribution is 0.0526. The zero-order valence-corrected chi connectivity index (χ0v) is 14.1. The molecular weight excluding hydrogens is 308 g/mol. The predicted octanol–water partition coefficient (Wildman–Crippen LogP) is 3.39. The van der Waals surface area contributed by atoms with Gasteiger partial charge in [-0.1, -0.05) is 18.2 Å². The van der Waals surface area contributed by atoms with Crippen molar-refractivity contribution in [2.45, 2.75) is 39.2 Å². The normalized spacial score (nSPS) is 11.3. The van der Waals surface area contributed by atoms with Gasteiger partial charge in [0.25, 0.3) is 0 Å². The lowest BCUT2D eigenvalue weighted by Gasteiger charge is -2.19. The van der Waals surface area contributed by atoms with Crippen LogP contribution in [-0.4, -0.2) is 34.3 Å². The monoisotopic (exact) mass is 330 g/mol. The molecule has 0 bridgehead atoms. The Bertz CT molecular complexity index is 750. The molecule has 2 aromatic rings. The number of aromatic carboxylic acids is 1. The topological polar surface area (TPSA) is 88.5 Å². The van der Waals surface area contributed by atoms with Gasteiger partial charge in [-0.15, -0.1) is 0 Å². The largest absolute Gasteiger partial charge is 0.477 e. The summed E-state index contributed by atoms with van der Waals surface area (Å²) < 4.78 is 5.17. The summed E-state index contributed by atoms with van der Waals surface area (Å²) in [6.45, 7) is 5.88. The number of nitrogens with zero attached hydrogens (tertiary/aromatic N) is 1. The van der Waals surface area contributed by atoms with Crippen LogP contribution >= 0.6 is 0 Å². The van der Waals surface area contributed by atoms with Crippen molar-refractivity contribution in [2.24, 2.45) is 0 Å². The number of benzene rings is 1. The minimum atomic E-state index is -1.05. The number of pyridine rings is 1. The Morgan fingerprint density at radius 1 is 1.25 bits per heavy atom. The van der Waals surface area contributed by atoms with Crippen LogP contribution in [-0.2, 0) is 11.2 Å². The zero-order chi connectivity index (χ0) is 17.7. The fourth-order valence-electron chi connectivity index (χ4n) is 2.35. The van der Waals surface area contributed by atoms with Crippen molar-refractivity contribution >= 4 is 23.0 Å². The van der Waals surface area contributed by atoms with Crippen molar-refractivity contribution in [3.63, 3.8) is 0 Å². The molecule has 1 amide bonds. The first-order valence-corrected chi connectivity index (χ1v) is 7.85. The molecule has 0 fully saturated rings. The number of carbonyl (C=O) groups excluding carboxylic acids is 1. The Kier molecular flexibility index (Phi) is 5.39. The van der Waals surface area contributed by atoms with Gasteiger partial charge in [0, 0.05) is 11.9 Å². The smallest absolute Gasteiger partial charge is 0.407 e. The number of ether oxygens (including phenoxy) is 1. The van der Waals surface area contributed by atoms with Crippen LogP contribution in [0.15, 0.2) is 30.3 Å². The van der Waals surface area contributed by atoms with Crippen LogP contribution in [0, 0.1) is 0 Å². The number of amides is 1. The van der Waals surface area contributed by atoms with E-state index in [4.69, 9.17) is 4.74 Å². The summed E-state index contributed by atoms with van der Waals surface area (Å²) in [6, 6.07) is 9.04. The van der Waals surface area contributed by atoms with E-state index in [0.29, 0.717) is 24.9 Å². The van der Waals surface area contributed by atoms with Crippen LogP contribution < -0.4 is 5.32 Å². The van der Waals surface area contributed by atoms with Crippen molar-refractivity contribution < 1.29 is 19.4 Å². The number of para-hydroxylation sites is 1. The number of alkyl carbamates (subject to hydrolysis) is 1. The lowest BCUT2D eigenvalue weighted by atomic mass is 10.0. The molecule has 6 heteroatoms. The first-order chi connectivity index (χ1) is 11.3. The van der Waals surface area contributed by atoms with Gasteiger partial charge >= 0.3 is 12.1 Å². The minimum Gasteiger partial charge on any atom is -0.477 e. The number of aromatic nitrogens is 1. The molecule has 1 aromatic heterocycles. The fourth-order valence-corrected chi connectivity index (χ4v) is 2.35. The van der Waals surface area contributed by atoms with Gasteiger partial charge in [-0.25, -0.2) is 14.6 Å². The van der Waals surface area contributed by atoms with Crippen LogP contribution in [0.25, 0.3) is 10.9 Å². The summed E-state index contributed by atoms with van der Waals surface area (Å²) in [4.78, 5) is 27.0. The molecule has 2 rings (SSSR count). The maximum atomic E-state index is 11.6. The van der Waals surface area contributed by atoms with Crippen LogP contribution in [0.2, 0.25) is 0 Å². The van der Waals surface area contributed by atoms with E-state index in [9.17, 15) is 14.7 Å². The van der Waals surface area contributed by atoms with E-state index in [1.165, 1.54) is 0 Å². The minimum absolute atomic E-state index is 0.0313. The van der Waals surface area contributed by atoms with Gasteiger partial charge in [-0.2, -0.15) is 0 Å². The standard InChI is InChI=1S/C18H22N2O4/c1-18(2,3)24-17(23)19-10-6-7-12-11-15(16(21)22)20-14-9-5-4-8-13(12)14/h4-5,8-9,11H,6-7,10H2,1-3H3,(H,19,23)(H,21,22). The van der Waals surface area contributed by atoms with Crippen molar-refractivity contribution in [3.05, 3.63) is 41.6 Å². The Hall–Kier alpha value is -2.63. The number of rotatable bonds is 5. The molecule has 2 N–H and O–H groups in total. The molecule has 128 valence electrons. The summed E-state index contributed by atoms with van der Waals surface area (Å²) >= 11 is 0. The van der Waals surface area contributed by atoms with E-state index in [1.807, 2.05) is 39.0 Å². The van der Waals surface area contributed by atoms with Gasteiger partial charge in [0.1, 0.15) is 11.3 Å². The average molecular weight is 330 g/mol. The Balaban J connectivity index is 2.02. The van der Waals surface area contributed by atoms with E-state index in [1.54, 1.807) is 12.1 Å². The third kappa shape index (κ3) is 4.94. The van der Waals surface area contributed by atoms with Crippen LogP contribution in [0.3, 0.4) is 0 Å². The lowest BCUT2D eigenvalue weighted by Crippen LogP contribution is -2.33. The van der Waals surface area contributed by atoms with Gasteiger partial charge in [-0.3, -0.25) is 0 Å². The molecule has 0 aliphatic rings. The number of carbonyl (C=O) groups is 2. The summed E-state index contributed by atoms with van der Waals surface area (Å²) in [5.41, 5.74) is 1.07. The van der Waals surface area contributed by atoms with Gasteiger partial charge in [0.05, 0.1) is 5.52 Å². The van der Waals surface area contributed by atoms with E-state index >= 15 is 0 Å². The van der Waals surface area contributed by atoms with Gasteiger partial charge in [0.2, 0.25) is 0 Å². The zero-order valence-electron chi connectivity index (χ0n) is 14.1. The highest BCUT2D eigenvalue weighted by Gasteiger charge is 2.15. The third-order valence-electron chi connectivity index (χ3n) is 3.31. The molecular formula is C18H22N2O4. The molecule has 0 radical (unpaired) electrons. The molecule has 0 spiro atoms. The highest BCUT2D eigenvalue weighted by molar-refractivity contribution is 5.91. The summed E-state index contributed by atoms with van der Waals surface area (Å²) in [7, 11) is 0. The predicted molar refractivity (Wildman–Crippen MR) is 91.3 cm³/mol. The molecule has 1 heterocycles. The van der Waals surface area contributed by atoms with Gasteiger partial charge in [-0.05, 0) is 51.3 Å². The number of carboxylic acid groups (broad SMARTS) is 1. The quantitative estimate of drug-likeness (QED) is 0.820. The Morgan fingerprint density at radius 3 is 2.62 bits per heavy atom. The third-order valence-corrected chi connectivity index (χ3v) is 3.31. The molecule has 0 saturated carbocycles. The molecule has 0 aliphatic heterocycles. The first kappa shape index (κ1) is 17.7. The summed E-state index contributed by atoms with van der Waals surface area (Å²) in [5, 5.41) is 12.8. The molecule has 6 nitrogen and oxygen atoms in total.